The summed E-state index contributed by atoms with van der Waals surface area (Å²) in [6, 6.07) is 4.66. The lowest BCUT2D eigenvalue weighted by molar-refractivity contribution is -0.189. The molecule has 2 unspecified atom stereocenters. The van der Waals surface area contributed by atoms with Gasteiger partial charge in [0.2, 0.25) is 0 Å². The number of methoxy groups -OCH3 is 1. The second-order valence-electron chi connectivity index (χ2n) is 5.34. The zero-order valence-corrected chi connectivity index (χ0v) is 12.6. The molecule has 2 nitrogen and oxygen atoms in total. The Morgan fingerprint density at radius 1 is 1.29 bits per heavy atom. The van der Waals surface area contributed by atoms with E-state index in [0.29, 0.717) is 29.2 Å². The van der Waals surface area contributed by atoms with Crippen molar-refractivity contribution in [2.45, 2.75) is 44.4 Å². The molecule has 0 bridgehead atoms. The van der Waals surface area contributed by atoms with Crippen LogP contribution in [0.25, 0.3) is 0 Å². The fraction of sp³-hybridized carbons (Fsp3) is 0.600. The molecule has 1 aliphatic rings. The summed E-state index contributed by atoms with van der Waals surface area (Å²) >= 11 is 6.11. The second kappa shape index (κ2) is 6.88. The average Bonchev–Trinajstić information content (AvgIpc) is 2.45. The van der Waals surface area contributed by atoms with Crippen molar-refractivity contribution >= 4 is 11.6 Å². The molecule has 0 aliphatic heterocycles. The van der Waals surface area contributed by atoms with Crippen molar-refractivity contribution < 1.29 is 17.9 Å². The smallest absolute Gasteiger partial charge is 0.393 e. The molecule has 1 fully saturated rings. The van der Waals surface area contributed by atoms with E-state index in [-0.39, 0.29) is 13.0 Å². The Bertz CT molecular complexity index is 478. The molecule has 0 amide bonds. The van der Waals surface area contributed by atoms with Crippen LogP contribution < -0.4 is 10.1 Å². The number of alkyl halides is 3. The van der Waals surface area contributed by atoms with Gasteiger partial charge in [-0.1, -0.05) is 30.5 Å². The minimum Gasteiger partial charge on any atom is -0.496 e. The van der Waals surface area contributed by atoms with E-state index in [4.69, 9.17) is 16.3 Å². The first-order chi connectivity index (χ1) is 9.93. The monoisotopic (exact) mass is 321 g/mol. The lowest BCUT2D eigenvalue weighted by Crippen LogP contribution is -2.45. The largest absolute Gasteiger partial charge is 0.496 e. The standard InChI is InChI=1S/C15H19ClF3NO/c1-21-14-8-4-6-12(16)10(14)9-20-13-7-3-2-5-11(13)15(17,18)19/h4,6,8,11,13,20H,2-3,5,7,9H2,1H3. The molecule has 0 spiro atoms. The predicted molar refractivity (Wildman–Crippen MR) is 76.6 cm³/mol. The van der Waals surface area contributed by atoms with E-state index in [1.165, 1.54) is 7.11 Å². The molecular weight excluding hydrogens is 303 g/mol. The van der Waals surface area contributed by atoms with Gasteiger partial charge in [0, 0.05) is 23.2 Å². The van der Waals surface area contributed by atoms with Gasteiger partial charge in [-0.05, 0) is 25.0 Å². The highest BCUT2D eigenvalue weighted by Crippen LogP contribution is 2.38. The first-order valence-corrected chi connectivity index (χ1v) is 7.42. The minimum atomic E-state index is -4.15. The maximum absolute atomic E-state index is 13.1. The Kier molecular flexibility index (Phi) is 5.38. The van der Waals surface area contributed by atoms with Crippen LogP contribution in [0.15, 0.2) is 18.2 Å². The Labute approximate surface area is 127 Å². The molecule has 2 atom stereocenters. The fourth-order valence-corrected chi connectivity index (χ4v) is 3.13. The number of benzene rings is 1. The summed E-state index contributed by atoms with van der Waals surface area (Å²) in [5.41, 5.74) is 0.702. The molecule has 0 radical (unpaired) electrons. The first kappa shape index (κ1) is 16.4. The highest BCUT2D eigenvalue weighted by molar-refractivity contribution is 6.31. The summed E-state index contributed by atoms with van der Waals surface area (Å²) in [5, 5.41) is 3.53. The molecule has 1 aromatic rings. The maximum Gasteiger partial charge on any atom is 0.393 e. The molecule has 2 rings (SSSR count). The van der Waals surface area contributed by atoms with E-state index in [2.05, 4.69) is 5.32 Å². The Hall–Kier alpha value is -0.940. The predicted octanol–water partition coefficient (Wildman–Crippen LogP) is 4.56. The zero-order valence-electron chi connectivity index (χ0n) is 11.8. The highest BCUT2D eigenvalue weighted by atomic mass is 35.5. The van der Waals surface area contributed by atoms with Crippen molar-refractivity contribution in [3.05, 3.63) is 28.8 Å². The third-order valence-corrected chi connectivity index (χ3v) is 4.38. The summed E-state index contributed by atoms with van der Waals surface area (Å²) in [5.74, 6) is -0.686. The van der Waals surface area contributed by atoms with Gasteiger partial charge in [0.25, 0.3) is 0 Å². The van der Waals surface area contributed by atoms with Crippen LogP contribution in [0.1, 0.15) is 31.2 Å². The summed E-state index contributed by atoms with van der Waals surface area (Å²) in [7, 11) is 1.52. The Morgan fingerprint density at radius 2 is 2.00 bits per heavy atom. The van der Waals surface area contributed by atoms with Crippen LogP contribution in [-0.2, 0) is 6.54 Å². The number of hydrogen-bond acceptors (Lipinski definition) is 2. The number of ether oxygens (including phenoxy) is 1. The van der Waals surface area contributed by atoms with E-state index >= 15 is 0 Å². The van der Waals surface area contributed by atoms with E-state index in [1.54, 1.807) is 18.2 Å². The molecule has 0 heterocycles. The molecule has 1 aliphatic carbocycles. The van der Waals surface area contributed by atoms with Crippen molar-refractivity contribution in [2.24, 2.45) is 5.92 Å². The van der Waals surface area contributed by atoms with Gasteiger partial charge in [-0.15, -0.1) is 0 Å². The number of nitrogens with one attached hydrogen (secondary N) is 1. The molecule has 1 N–H and O–H groups in total. The van der Waals surface area contributed by atoms with Crippen molar-refractivity contribution in [2.75, 3.05) is 7.11 Å². The molecule has 1 aromatic carbocycles. The van der Waals surface area contributed by atoms with Crippen LogP contribution in [-0.4, -0.2) is 19.3 Å². The maximum atomic E-state index is 13.1. The third-order valence-electron chi connectivity index (χ3n) is 4.02. The summed E-state index contributed by atoms with van der Waals surface area (Å²) in [6.07, 6.45) is -1.96. The topological polar surface area (TPSA) is 21.3 Å². The van der Waals surface area contributed by atoms with E-state index in [0.717, 1.165) is 6.42 Å². The highest BCUT2D eigenvalue weighted by Gasteiger charge is 2.45. The van der Waals surface area contributed by atoms with Gasteiger partial charge in [-0.2, -0.15) is 13.2 Å². The fourth-order valence-electron chi connectivity index (χ4n) is 2.90. The SMILES string of the molecule is COc1cccc(Cl)c1CNC1CCCCC1C(F)(F)F. The summed E-state index contributed by atoms with van der Waals surface area (Å²) in [6.45, 7) is 0.278. The number of hydrogen-bond donors (Lipinski definition) is 1. The molecule has 0 aromatic heterocycles. The molecule has 21 heavy (non-hydrogen) atoms. The van der Waals surface area contributed by atoms with Crippen LogP contribution in [0.4, 0.5) is 13.2 Å². The Morgan fingerprint density at radius 3 is 2.67 bits per heavy atom. The van der Waals surface area contributed by atoms with Gasteiger partial charge in [-0.3, -0.25) is 0 Å². The molecule has 6 heteroatoms. The van der Waals surface area contributed by atoms with Gasteiger partial charge in [0.1, 0.15) is 5.75 Å². The number of rotatable bonds is 4. The lowest BCUT2D eigenvalue weighted by atomic mass is 9.84. The minimum absolute atomic E-state index is 0.195. The van der Waals surface area contributed by atoms with Gasteiger partial charge in [0.15, 0.2) is 0 Å². The second-order valence-corrected chi connectivity index (χ2v) is 5.75. The van der Waals surface area contributed by atoms with Crippen LogP contribution in [0, 0.1) is 5.92 Å². The molecular formula is C15H19ClF3NO. The van der Waals surface area contributed by atoms with Gasteiger partial charge >= 0.3 is 6.18 Å². The van der Waals surface area contributed by atoms with Crippen molar-refractivity contribution in [1.29, 1.82) is 0 Å². The molecule has 118 valence electrons. The van der Waals surface area contributed by atoms with Gasteiger partial charge in [0.05, 0.1) is 13.0 Å². The average molecular weight is 322 g/mol. The zero-order chi connectivity index (χ0) is 15.5. The van der Waals surface area contributed by atoms with Gasteiger partial charge in [-0.25, -0.2) is 0 Å². The van der Waals surface area contributed by atoms with Crippen LogP contribution in [0.3, 0.4) is 0 Å². The summed E-state index contributed by atoms with van der Waals surface area (Å²) in [4.78, 5) is 0. The third kappa shape index (κ3) is 4.04. The normalized spacial score (nSPS) is 23.1. The quantitative estimate of drug-likeness (QED) is 0.877. The Balaban J connectivity index is 2.08. The van der Waals surface area contributed by atoms with E-state index < -0.39 is 18.1 Å². The van der Waals surface area contributed by atoms with Crippen molar-refractivity contribution in [3.8, 4) is 5.75 Å². The van der Waals surface area contributed by atoms with Crippen molar-refractivity contribution in [1.82, 2.24) is 5.32 Å². The summed E-state index contributed by atoms with van der Waals surface area (Å²) < 4.78 is 44.4. The van der Waals surface area contributed by atoms with E-state index in [1.807, 2.05) is 0 Å². The van der Waals surface area contributed by atoms with Gasteiger partial charge < -0.3 is 10.1 Å². The van der Waals surface area contributed by atoms with E-state index in [9.17, 15) is 13.2 Å². The van der Waals surface area contributed by atoms with Crippen LogP contribution >= 0.6 is 11.6 Å². The number of halogens is 4. The van der Waals surface area contributed by atoms with Crippen LogP contribution in [0.5, 0.6) is 5.75 Å². The first-order valence-electron chi connectivity index (χ1n) is 7.05. The molecule has 0 saturated heterocycles. The van der Waals surface area contributed by atoms with Crippen LogP contribution in [0.2, 0.25) is 5.02 Å². The molecule has 1 saturated carbocycles. The van der Waals surface area contributed by atoms with Crippen molar-refractivity contribution in [3.63, 3.8) is 0 Å². The lowest BCUT2D eigenvalue weighted by Gasteiger charge is -2.33.